The van der Waals surface area contributed by atoms with Crippen LogP contribution in [-0.2, 0) is 9.53 Å². The third-order valence-corrected chi connectivity index (χ3v) is 3.49. The summed E-state index contributed by atoms with van der Waals surface area (Å²) < 4.78 is 5.30. The summed E-state index contributed by atoms with van der Waals surface area (Å²) in [6.45, 7) is 11.4. The first-order valence-electron chi connectivity index (χ1n) is 6.28. The van der Waals surface area contributed by atoms with Gasteiger partial charge in [0.1, 0.15) is 0 Å². The largest absolute Gasteiger partial charge is 0.430 e. The van der Waals surface area contributed by atoms with E-state index in [1.165, 1.54) is 0 Å². The van der Waals surface area contributed by atoms with Crippen LogP contribution < -0.4 is 0 Å². The highest BCUT2D eigenvalue weighted by Crippen LogP contribution is 2.45. The Labute approximate surface area is 104 Å². The lowest BCUT2D eigenvalue weighted by Crippen LogP contribution is -2.50. The predicted molar refractivity (Wildman–Crippen MR) is 67.3 cm³/mol. The molecule has 0 saturated heterocycles. The summed E-state index contributed by atoms with van der Waals surface area (Å²) >= 11 is 0. The predicted octanol–water partition coefficient (Wildman–Crippen LogP) is 3.03. The third-order valence-electron chi connectivity index (χ3n) is 3.49. The van der Waals surface area contributed by atoms with Gasteiger partial charge in [0.05, 0.1) is 0 Å². The lowest BCUT2D eigenvalue weighted by molar-refractivity contribution is -0.255. The minimum atomic E-state index is -1.33. The summed E-state index contributed by atoms with van der Waals surface area (Å²) in [7, 11) is 0. The van der Waals surface area contributed by atoms with Gasteiger partial charge in [0.25, 0.3) is 0 Å². The zero-order chi connectivity index (χ0) is 13.3. The lowest BCUT2D eigenvalue weighted by Gasteiger charge is -2.45. The molecule has 3 heteroatoms. The monoisotopic (exact) mass is 240 g/mol. The molecule has 2 atom stereocenters. The van der Waals surface area contributed by atoms with Crippen molar-refractivity contribution in [3.05, 3.63) is 12.2 Å². The fraction of sp³-hybridized carbons (Fsp3) is 0.786. The molecule has 0 aliphatic heterocycles. The van der Waals surface area contributed by atoms with Crippen molar-refractivity contribution in [2.75, 3.05) is 0 Å². The number of hydrogen-bond donors (Lipinski definition) is 1. The van der Waals surface area contributed by atoms with Crippen molar-refractivity contribution < 1.29 is 14.6 Å². The minimum Gasteiger partial charge on any atom is -0.430 e. The van der Waals surface area contributed by atoms with Gasteiger partial charge in [-0.25, -0.2) is 4.79 Å². The molecule has 1 rings (SSSR count). The Morgan fingerprint density at radius 1 is 1.41 bits per heavy atom. The average Bonchev–Trinajstić information content (AvgIpc) is 2.15. The molecule has 0 aromatic heterocycles. The number of carbonyl (C=O) groups excluding carboxylic acids is 1. The van der Waals surface area contributed by atoms with Crippen LogP contribution in [0.4, 0.5) is 0 Å². The van der Waals surface area contributed by atoms with Gasteiger partial charge in [-0.1, -0.05) is 33.8 Å². The Balaban J connectivity index is 2.88. The second-order valence-corrected chi connectivity index (χ2v) is 6.18. The zero-order valence-electron chi connectivity index (χ0n) is 11.4. The first kappa shape index (κ1) is 14.2. The quantitative estimate of drug-likeness (QED) is 0.458. The fourth-order valence-electron chi connectivity index (χ4n) is 2.61. The molecule has 1 aliphatic carbocycles. The van der Waals surface area contributed by atoms with Gasteiger partial charge in [-0.3, -0.25) is 0 Å². The van der Waals surface area contributed by atoms with E-state index in [9.17, 15) is 9.90 Å². The van der Waals surface area contributed by atoms with Crippen LogP contribution in [0.5, 0.6) is 0 Å². The smallest absolute Gasteiger partial charge is 0.335 e. The van der Waals surface area contributed by atoms with Crippen molar-refractivity contribution in [3.8, 4) is 0 Å². The number of esters is 1. The van der Waals surface area contributed by atoms with Gasteiger partial charge >= 0.3 is 5.97 Å². The second-order valence-electron chi connectivity index (χ2n) is 6.18. The van der Waals surface area contributed by atoms with Crippen molar-refractivity contribution in [1.29, 1.82) is 0 Å². The molecular weight excluding hydrogens is 216 g/mol. The molecule has 17 heavy (non-hydrogen) atoms. The fourth-order valence-corrected chi connectivity index (χ4v) is 2.61. The van der Waals surface area contributed by atoms with E-state index in [1.807, 2.05) is 0 Å². The molecule has 3 nitrogen and oxygen atoms in total. The van der Waals surface area contributed by atoms with Gasteiger partial charge < -0.3 is 9.84 Å². The van der Waals surface area contributed by atoms with E-state index in [0.29, 0.717) is 12.0 Å². The van der Waals surface area contributed by atoms with E-state index in [2.05, 4.69) is 27.4 Å². The number of ether oxygens (including phenoxy) is 1. The van der Waals surface area contributed by atoms with Crippen LogP contribution in [0.1, 0.15) is 53.4 Å². The third kappa shape index (κ3) is 3.32. The summed E-state index contributed by atoms with van der Waals surface area (Å²) in [4.78, 5) is 11.6. The summed E-state index contributed by atoms with van der Waals surface area (Å²) in [5.41, 5.74) is 0.251. The van der Waals surface area contributed by atoms with Crippen molar-refractivity contribution in [1.82, 2.24) is 0 Å². The van der Waals surface area contributed by atoms with Crippen molar-refractivity contribution in [3.63, 3.8) is 0 Å². The molecule has 0 heterocycles. The molecule has 0 aromatic carbocycles. The lowest BCUT2D eigenvalue weighted by atomic mass is 9.68. The topological polar surface area (TPSA) is 46.5 Å². The Bertz CT molecular complexity index is 314. The van der Waals surface area contributed by atoms with Gasteiger partial charge in [0, 0.05) is 17.9 Å². The molecule has 0 spiro atoms. The second kappa shape index (κ2) is 4.81. The molecule has 0 bridgehead atoms. The molecular formula is C14H24O3. The standard InChI is InChI=1S/C14H24O3/c1-10(2)12(15)17-14(16)9-7-6-8-11(14)13(3,4)5/h11,16H,1,6-9H2,2-5H3. The maximum atomic E-state index is 11.6. The van der Waals surface area contributed by atoms with Crippen molar-refractivity contribution in [2.45, 2.75) is 59.2 Å². The minimum absolute atomic E-state index is 0.0213. The van der Waals surface area contributed by atoms with Gasteiger partial charge in [-0.2, -0.15) is 0 Å². The summed E-state index contributed by atoms with van der Waals surface area (Å²) in [5.74, 6) is -1.84. The van der Waals surface area contributed by atoms with Crippen molar-refractivity contribution >= 4 is 5.97 Å². The maximum Gasteiger partial charge on any atom is 0.335 e. The molecule has 2 unspecified atom stereocenters. The SMILES string of the molecule is C=C(C)C(=O)OC1(O)CCCCC1C(C)(C)C. The van der Waals surface area contributed by atoms with Crippen LogP contribution >= 0.6 is 0 Å². The molecule has 0 radical (unpaired) electrons. The maximum absolute atomic E-state index is 11.6. The first-order valence-corrected chi connectivity index (χ1v) is 6.28. The van der Waals surface area contributed by atoms with E-state index >= 15 is 0 Å². The number of carbonyl (C=O) groups is 1. The van der Waals surface area contributed by atoms with Crippen LogP contribution in [0, 0.1) is 11.3 Å². The van der Waals surface area contributed by atoms with Crippen LogP contribution in [-0.4, -0.2) is 16.9 Å². The van der Waals surface area contributed by atoms with Crippen LogP contribution in [0.25, 0.3) is 0 Å². The molecule has 1 fully saturated rings. The normalized spacial score (nSPS) is 29.8. The Morgan fingerprint density at radius 3 is 2.47 bits per heavy atom. The molecule has 1 saturated carbocycles. The van der Waals surface area contributed by atoms with E-state index in [4.69, 9.17) is 4.74 Å². The van der Waals surface area contributed by atoms with Crippen molar-refractivity contribution in [2.24, 2.45) is 11.3 Å². The van der Waals surface area contributed by atoms with Gasteiger partial charge in [-0.05, 0) is 25.2 Å². The number of hydrogen-bond acceptors (Lipinski definition) is 3. The first-order chi connectivity index (χ1) is 7.67. The molecule has 98 valence electrons. The van der Waals surface area contributed by atoms with E-state index in [0.717, 1.165) is 19.3 Å². The van der Waals surface area contributed by atoms with Crippen LogP contribution in [0.2, 0.25) is 0 Å². The van der Waals surface area contributed by atoms with Gasteiger partial charge in [0.2, 0.25) is 5.79 Å². The number of rotatable bonds is 2. The van der Waals surface area contributed by atoms with E-state index < -0.39 is 11.8 Å². The van der Waals surface area contributed by atoms with E-state index in [1.54, 1.807) is 6.92 Å². The summed E-state index contributed by atoms with van der Waals surface area (Å²) in [6.07, 6.45) is 3.39. The number of aliphatic hydroxyl groups is 1. The Morgan fingerprint density at radius 2 is 2.00 bits per heavy atom. The molecule has 0 amide bonds. The van der Waals surface area contributed by atoms with Crippen LogP contribution in [0.3, 0.4) is 0 Å². The van der Waals surface area contributed by atoms with Crippen LogP contribution in [0.15, 0.2) is 12.2 Å². The molecule has 1 aliphatic rings. The average molecular weight is 240 g/mol. The summed E-state index contributed by atoms with van der Waals surface area (Å²) in [5, 5.41) is 10.6. The summed E-state index contributed by atoms with van der Waals surface area (Å²) in [6, 6.07) is 0. The molecule has 1 N–H and O–H groups in total. The highest BCUT2D eigenvalue weighted by molar-refractivity contribution is 5.87. The highest BCUT2D eigenvalue weighted by atomic mass is 16.7. The molecule has 0 aromatic rings. The van der Waals surface area contributed by atoms with E-state index in [-0.39, 0.29) is 11.3 Å². The Kier molecular flexibility index (Phi) is 4.03. The zero-order valence-corrected chi connectivity index (χ0v) is 11.4. The highest BCUT2D eigenvalue weighted by Gasteiger charge is 2.47. The Hall–Kier alpha value is -0.830. The van der Waals surface area contributed by atoms with Gasteiger partial charge in [-0.15, -0.1) is 0 Å². The van der Waals surface area contributed by atoms with Gasteiger partial charge in [0.15, 0.2) is 0 Å².